The smallest absolute Gasteiger partial charge is 0.405 e. The second kappa shape index (κ2) is 6.92. The second-order valence-electron chi connectivity index (χ2n) is 7.94. The van der Waals surface area contributed by atoms with Gasteiger partial charge in [0.1, 0.15) is 5.60 Å². The number of primary amides is 2. The van der Waals surface area contributed by atoms with E-state index in [0.29, 0.717) is 24.0 Å². The molecule has 0 aliphatic heterocycles. The van der Waals surface area contributed by atoms with E-state index in [1.807, 2.05) is 20.8 Å². The highest BCUT2D eigenvalue weighted by Crippen LogP contribution is 2.49. The number of nitrogen functional groups attached to an aromatic ring is 1. The minimum absolute atomic E-state index is 0.176. The molecule has 8 N–H and O–H groups in total. The van der Waals surface area contributed by atoms with Crippen LogP contribution in [0.5, 0.6) is 0 Å². The van der Waals surface area contributed by atoms with Crippen molar-refractivity contribution in [2.24, 2.45) is 22.7 Å². The summed E-state index contributed by atoms with van der Waals surface area (Å²) < 4.78 is 6.88. The number of carbonyl (C=O) groups is 3. The summed E-state index contributed by atoms with van der Waals surface area (Å²) in [7, 11) is 0. The molecule has 0 unspecified atom stereocenters. The van der Waals surface area contributed by atoms with Gasteiger partial charge in [-0.1, -0.05) is 13.8 Å². The number of carbonyl (C=O) groups excluding carboxylic acids is 3. The largest absolute Gasteiger partial charge is 0.443 e. The molecular weight excluding hydrogens is 378 g/mol. The van der Waals surface area contributed by atoms with Crippen LogP contribution in [0.4, 0.5) is 10.5 Å². The van der Waals surface area contributed by atoms with Crippen LogP contribution in [-0.4, -0.2) is 39.2 Å². The molecule has 0 bridgehead atoms. The highest BCUT2D eigenvalue weighted by Gasteiger charge is 2.54. The highest BCUT2D eigenvalue weighted by atomic mass is 16.6. The molecule has 2 atom stereocenters. The summed E-state index contributed by atoms with van der Waals surface area (Å²) >= 11 is 0. The average Bonchev–Trinajstić information content (AvgIpc) is 3.15. The lowest BCUT2D eigenvalue weighted by Gasteiger charge is -2.40. The molecule has 1 aliphatic rings. The molecule has 0 spiro atoms. The van der Waals surface area contributed by atoms with Crippen LogP contribution in [0.2, 0.25) is 0 Å². The van der Waals surface area contributed by atoms with E-state index in [0.717, 1.165) is 0 Å². The number of anilines is 1. The standard InChI is InChI=1S/C18H25N7O4/c1-17(2)12(4-5-18(17,3)29-16(20)28)23-13-10(14(19)26)7-22-25-8-9(6-11(13)25)15(27)24-21/h6-8,12,23H,4-5,21H2,1-3H3,(H2,19,26)(H2,20,28)(H,24,27)/t12-,18+/m1/s1. The zero-order chi connectivity index (χ0) is 21.6. The molecule has 2 aromatic heterocycles. The molecule has 1 saturated carbocycles. The summed E-state index contributed by atoms with van der Waals surface area (Å²) in [5.74, 6) is 4.05. The lowest BCUT2D eigenvalue weighted by Crippen LogP contribution is -2.49. The van der Waals surface area contributed by atoms with Crippen molar-refractivity contribution < 1.29 is 19.1 Å². The number of fused-ring (bicyclic) bond motifs is 1. The fraction of sp³-hybridized carbons (Fsp3) is 0.444. The summed E-state index contributed by atoms with van der Waals surface area (Å²) in [5, 5.41) is 7.51. The van der Waals surface area contributed by atoms with Gasteiger partial charge >= 0.3 is 6.09 Å². The summed E-state index contributed by atoms with van der Waals surface area (Å²) in [6.07, 6.45) is 3.22. The minimum Gasteiger partial charge on any atom is -0.443 e. The summed E-state index contributed by atoms with van der Waals surface area (Å²) in [6, 6.07) is 1.38. The second-order valence-corrected chi connectivity index (χ2v) is 7.94. The zero-order valence-corrected chi connectivity index (χ0v) is 16.5. The number of hydrazine groups is 1. The van der Waals surface area contributed by atoms with E-state index in [4.69, 9.17) is 22.0 Å². The SMILES string of the molecule is CC1(C)[C@H](Nc2c(C(N)=O)cnn3cc(C(=O)NN)cc23)CC[C@]1(C)OC(N)=O. The van der Waals surface area contributed by atoms with Gasteiger partial charge in [0.05, 0.1) is 28.5 Å². The molecule has 1 aliphatic carbocycles. The molecule has 0 saturated heterocycles. The van der Waals surface area contributed by atoms with Crippen LogP contribution in [0.3, 0.4) is 0 Å². The number of nitrogens with two attached hydrogens (primary N) is 3. The van der Waals surface area contributed by atoms with E-state index in [1.165, 1.54) is 16.9 Å². The van der Waals surface area contributed by atoms with Crippen molar-refractivity contribution in [2.45, 2.75) is 45.3 Å². The third-order valence-corrected chi connectivity index (χ3v) is 6.08. The number of rotatable bonds is 5. The van der Waals surface area contributed by atoms with Gasteiger partial charge in [0.25, 0.3) is 11.8 Å². The third-order valence-electron chi connectivity index (χ3n) is 6.08. The van der Waals surface area contributed by atoms with Crippen molar-refractivity contribution >= 4 is 29.1 Å². The van der Waals surface area contributed by atoms with Gasteiger partial charge in [0.15, 0.2) is 0 Å². The maximum Gasteiger partial charge on any atom is 0.405 e. The first kappa shape index (κ1) is 20.4. The minimum atomic E-state index is -0.839. The van der Waals surface area contributed by atoms with Crippen LogP contribution in [-0.2, 0) is 4.74 Å². The number of hydrogen-bond acceptors (Lipinski definition) is 7. The van der Waals surface area contributed by atoms with Crippen LogP contribution in [0.25, 0.3) is 5.52 Å². The number of nitrogens with one attached hydrogen (secondary N) is 2. The van der Waals surface area contributed by atoms with Crippen molar-refractivity contribution in [1.82, 2.24) is 15.0 Å². The number of nitrogens with zero attached hydrogens (tertiary/aromatic N) is 2. The van der Waals surface area contributed by atoms with Crippen LogP contribution in [0, 0.1) is 5.41 Å². The van der Waals surface area contributed by atoms with Gasteiger partial charge in [-0.3, -0.25) is 15.0 Å². The van der Waals surface area contributed by atoms with E-state index in [2.05, 4.69) is 15.8 Å². The Balaban J connectivity index is 2.06. The van der Waals surface area contributed by atoms with Gasteiger partial charge in [-0.25, -0.2) is 15.2 Å². The van der Waals surface area contributed by atoms with E-state index < -0.39 is 28.9 Å². The van der Waals surface area contributed by atoms with E-state index in [9.17, 15) is 14.4 Å². The fourth-order valence-electron chi connectivity index (χ4n) is 3.91. The van der Waals surface area contributed by atoms with Gasteiger partial charge in [-0.2, -0.15) is 5.10 Å². The summed E-state index contributed by atoms with van der Waals surface area (Å²) in [6.45, 7) is 5.74. The predicted molar refractivity (Wildman–Crippen MR) is 105 cm³/mol. The van der Waals surface area contributed by atoms with Crippen molar-refractivity contribution in [2.75, 3.05) is 5.32 Å². The molecule has 3 rings (SSSR count). The molecule has 11 nitrogen and oxygen atoms in total. The number of amides is 3. The molecule has 0 aromatic carbocycles. The quantitative estimate of drug-likeness (QED) is 0.273. The number of ether oxygens (including phenoxy) is 1. The molecule has 3 amide bonds. The van der Waals surface area contributed by atoms with E-state index in [1.54, 1.807) is 6.07 Å². The van der Waals surface area contributed by atoms with Crippen molar-refractivity contribution in [3.05, 3.63) is 29.6 Å². The predicted octanol–water partition coefficient (Wildman–Crippen LogP) is 0.491. The van der Waals surface area contributed by atoms with Crippen LogP contribution >= 0.6 is 0 Å². The molecule has 11 heteroatoms. The Morgan fingerprint density at radius 3 is 2.55 bits per heavy atom. The number of aromatic nitrogens is 2. The lowest BCUT2D eigenvalue weighted by atomic mass is 9.76. The average molecular weight is 403 g/mol. The molecule has 2 aromatic rings. The van der Waals surface area contributed by atoms with Crippen molar-refractivity contribution in [3.8, 4) is 0 Å². The van der Waals surface area contributed by atoms with Crippen LogP contribution < -0.4 is 28.1 Å². The molecule has 156 valence electrons. The molecule has 0 radical (unpaired) electrons. The number of hydrogen-bond donors (Lipinski definition) is 5. The molecular formula is C18H25N7O4. The fourth-order valence-corrected chi connectivity index (χ4v) is 3.91. The normalized spacial score (nSPS) is 23.0. The Hall–Kier alpha value is -3.34. The molecule has 1 fully saturated rings. The first-order valence-electron chi connectivity index (χ1n) is 9.07. The Kier molecular flexibility index (Phi) is 4.87. The summed E-state index contributed by atoms with van der Waals surface area (Å²) in [5.41, 5.74) is 12.9. The van der Waals surface area contributed by atoms with Crippen molar-refractivity contribution in [3.63, 3.8) is 0 Å². The van der Waals surface area contributed by atoms with Crippen molar-refractivity contribution in [1.29, 1.82) is 0 Å². The van der Waals surface area contributed by atoms with E-state index >= 15 is 0 Å². The van der Waals surface area contributed by atoms with Gasteiger partial charge in [-0.15, -0.1) is 0 Å². The summed E-state index contributed by atoms with van der Waals surface area (Å²) in [4.78, 5) is 35.3. The third kappa shape index (κ3) is 3.33. The van der Waals surface area contributed by atoms with Crippen LogP contribution in [0.15, 0.2) is 18.5 Å². The molecule has 29 heavy (non-hydrogen) atoms. The first-order valence-corrected chi connectivity index (χ1v) is 9.07. The Morgan fingerprint density at radius 1 is 1.28 bits per heavy atom. The van der Waals surface area contributed by atoms with Gasteiger partial charge in [0, 0.05) is 17.7 Å². The monoisotopic (exact) mass is 403 g/mol. The first-order chi connectivity index (χ1) is 13.5. The van der Waals surface area contributed by atoms with Gasteiger partial charge < -0.3 is 21.5 Å². The topological polar surface area (TPSA) is 180 Å². The molecule has 2 heterocycles. The maximum absolute atomic E-state index is 12.0. The van der Waals surface area contributed by atoms with Crippen LogP contribution in [0.1, 0.15) is 54.3 Å². The Morgan fingerprint density at radius 2 is 1.97 bits per heavy atom. The Bertz CT molecular complexity index is 1000. The van der Waals surface area contributed by atoms with E-state index in [-0.39, 0.29) is 17.2 Å². The highest BCUT2D eigenvalue weighted by molar-refractivity contribution is 6.03. The van der Waals surface area contributed by atoms with Gasteiger partial charge in [0.2, 0.25) is 0 Å². The zero-order valence-electron chi connectivity index (χ0n) is 16.5. The lowest BCUT2D eigenvalue weighted by molar-refractivity contribution is -0.0392. The van der Waals surface area contributed by atoms with Gasteiger partial charge in [-0.05, 0) is 25.8 Å². The maximum atomic E-state index is 12.0. The Labute approximate surface area is 166 Å².